The number of hydrogen-bond donors (Lipinski definition) is 0. The maximum Gasteiger partial charge on any atom is 0.344 e. The number of carbonyl (C=O) groups excluding carboxylic acids is 1. The normalized spacial score (nSPS) is 18.3. The summed E-state index contributed by atoms with van der Waals surface area (Å²) in [5.41, 5.74) is 1.43. The fourth-order valence-corrected chi connectivity index (χ4v) is 8.86. The van der Waals surface area contributed by atoms with Gasteiger partial charge in [-0.3, -0.25) is 19.2 Å². The van der Waals surface area contributed by atoms with Gasteiger partial charge in [-0.15, -0.1) is 0 Å². The summed E-state index contributed by atoms with van der Waals surface area (Å²) in [6.07, 6.45) is 1.81. The number of piperazine rings is 1. The molecule has 2 aliphatic heterocycles. The van der Waals surface area contributed by atoms with Crippen molar-refractivity contribution in [3.63, 3.8) is 0 Å². The number of ether oxygens (including phenoxy) is 1. The standard InChI is InChI=1S/C38H40ClN5O5S/c1-49-32-15-17-33(18-16-32)50(47,48)44-34-19-14-30(39)25-35(34)43(38(44)46)36(29-11-6-3-7-12-29)37(45)42-20-8-13-31(27-42)41-23-21-40(22-24-41)26-28-9-4-2-5-10-28/h2-7,9-12,14-19,25,31,36H,8,13,20-24,26-27H2,1H3. The van der Waals surface area contributed by atoms with Crippen LogP contribution in [0.25, 0.3) is 11.0 Å². The Hall–Kier alpha value is -4.42. The third-order valence-corrected chi connectivity index (χ3v) is 11.8. The number of aromatic nitrogens is 2. The van der Waals surface area contributed by atoms with Crippen LogP contribution in [0.2, 0.25) is 5.02 Å². The molecule has 7 rings (SSSR count). The van der Waals surface area contributed by atoms with Crippen molar-refractivity contribution in [1.82, 2.24) is 23.2 Å². The van der Waals surface area contributed by atoms with Crippen LogP contribution in [0.15, 0.2) is 113 Å². The van der Waals surface area contributed by atoms with Crippen molar-refractivity contribution in [1.29, 1.82) is 0 Å². The minimum atomic E-state index is -4.38. The Kier molecular flexibility index (Phi) is 9.83. The van der Waals surface area contributed by atoms with Gasteiger partial charge in [0.25, 0.3) is 15.9 Å². The molecule has 4 aromatic carbocycles. The first-order chi connectivity index (χ1) is 24.2. The Morgan fingerprint density at radius 3 is 2.22 bits per heavy atom. The lowest BCUT2D eigenvalue weighted by Gasteiger charge is -2.44. The summed E-state index contributed by atoms with van der Waals surface area (Å²) in [4.78, 5) is 36.0. The number of fused-ring (bicyclic) bond motifs is 1. The van der Waals surface area contributed by atoms with Gasteiger partial charge in [-0.25, -0.2) is 13.2 Å². The van der Waals surface area contributed by atoms with Crippen molar-refractivity contribution in [3.05, 3.63) is 130 Å². The summed E-state index contributed by atoms with van der Waals surface area (Å²) in [6.45, 7) is 5.72. The number of likely N-dealkylation sites (tertiary alicyclic amines) is 1. The first-order valence-corrected chi connectivity index (χ1v) is 18.7. The molecule has 2 saturated heterocycles. The van der Waals surface area contributed by atoms with Crippen LogP contribution < -0.4 is 10.4 Å². The highest BCUT2D eigenvalue weighted by Gasteiger charge is 2.37. The van der Waals surface area contributed by atoms with E-state index in [0.717, 1.165) is 49.5 Å². The molecule has 3 heterocycles. The molecule has 1 amide bonds. The molecule has 0 radical (unpaired) electrons. The van der Waals surface area contributed by atoms with Crippen LogP contribution in [-0.2, 0) is 21.4 Å². The predicted octanol–water partition coefficient (Wildman–Crippen LogP) is 5.10. The van der Waals surface area contributed by atoms with E-state index >= 15 is 0 Å². The minimum absolute atomic E-state index is 0.0836. The molecule has 2 atom stereocenters. The molecular formula is C38H40ClN5O5S. The lowest BCUT2D eigenvalue weighted by molar-refractivity contribution is -0.136. The van der Waals surface area contributed by atoms with Gasteiger partial charge in [0.15, 0.2) is 0 Å². The zero-order chi connectivity index (χ0) is 34.8. The Morgan fingerprint density at radius 2 is 1.54 bits per heavy atom. The van der Waals surface area contributed by atoms with Crippen LogP contribution in [0.3, 0.4) is 0 Å². The van der Waals surface area contributed by atoms with Crippen LogP contribution in [0, 0.1) is 0 Å². The maximum absolute atomic E-state index is 14.8. The van der Waals surface area contributed by atoms with Gasteiger partial charge in [-0.05, 0) is 66.4 Å². The number of halogens is 1. The highest BCUT2D eigenvalue weighted by atomic mass is 35.5. The Labute approximate surface area is 297 Å². The summed E-state index contributed by atoms with van der Waals surface area (Å²) in [5.74, 6) is 0.223. The van der Waals surface area contributed by atoms with Gasteiger partial charge in [0.1, 0.15) is 11.8 Å². The van der Waals surface area contributed by atoms with E-state index in [1.165, 1.54) is 47.6 Å². The van der Waals surface area contributed by atoms with Crippen molar-refractivity contribution < 1.29 is 17.9 Å². The van der Waals surface area contributed by atoms with Gasteiger partial charge < -0.3 is 9.64 Å². The van der Waals surface area contributed by atoms with E-state index < -0.39 is 21.8 Å². The van der Waals surface area contributed by atoms with Gasteiger partial charge in [0.2, 0.25) is 0 Å². The molecule has 5 aromatic rings. The predicted molar refractivity (Wildman–Crippen MR) is 194 cm³/mol. The van der Waals surface area contributed by atoms with E-state index in [-0.39, 0.29) is 27.9 Å². The SMILES string of the molecule is COc1ccc(S(=O)(=O)n2c(=O)n(C(C(=O)N3CCCC(N4CCN(Cc5ccccc5)CC4)C3)c3ccccc3)c3cc(Cl)ccc32)cc1. The van der Waals surface area contributed by atoms with E-state index in [4.69, 9.17) is 16.3 Å². The molecule has 0 saturated carbocycles. The molecule has 2 fully saturated rings. The molecule has 0 spiro atoms. The van der Waals surface area contributed by atoms with E-state index in [9.17, 15) is 18.0 Å². The quantitative estimate of drug-likeness (QED) is 0.210. The smallest absolute Gasteiger partial charge is 0.344 e. The second-order valence-electron chi connectivity index (χ2n) is 12.9. The topological polar surface area (TPSA) is 97.1 Å². The maximum atomic E-state index is 14.8. The molecule has 50 heavy (non-hydrogen) atoms. The number of nitrogens with zero attached hydrogens (tertiary/aromatic N) is 5. The van der Waals surface area contributed by atoms with E-state index in [1.807, 2.05) is 29.2 Å². The van der Waals surface area contributed by atoms with Crippen molar-refractivity contribution in [2.24, 2.45) is 0 Å². The first-order valence-electron chi connectivity index (χ1n) is 16.9. The summed E-state index contributed by atoms with van der Waals surface area (Å²) >= 11 is 6.46. The summed E-state index contributed by atoms with van der Waals surface area (Å²) < 4.78 is 35.5. The number of carbonyl (C=O) groups is 1. The fraction of sp³-hybridized carbons (Fsp3) is 0.316. The second-order valence-corrected chi connectivity index (χ2v) is 15.1. The van der Waals surface area contributed by atoms with Crippen LogP contribution in [0.1, 0.15) is 30.0 Å². The Balaban J connectivity index is 1.21. The monoisotopic (exact) mass is 713 g/mol. The van der Waals surface area contributed by atoms with Gasteiger partial charge in [-0.1, -0.05) is 72.3 Å². The van der Waals surface area contributed by atoms with Crippen LogP contribution in [0.4, 0.5) is 0 Å². The molecule has 0 aliphatic carbocycles. The van der Waals surface area contributed by atoms with Crippen molar-refractivity contribution in [2.45, 2.75) is 36.4 Å². The lowest BCUT2D eigenvalue weighted by Crippen LogP contribution is -2.56. The van der Waals surface area contributed by atoms with Crippen molar-refractivity contribution in [3.8, 4) is 5.75 Å². The van der Waals surface area contributed by atoms with Gasteiger partial charge in [0.05, 0.1) is 23.0 Å². The third-order valence-electron chi connectivity index (χ3n) is 9.88. The molecule has 260 valence electrons. The lowest BCUT2D eigenvalue weighted by atomic mass is 9.99. The van der Waals surface area contributed by atoms with Crippen molar-refractivity contribution in [2.75, 3.05) is 46.4 Å². The summed E-state index contributed by atoms with van der Waals surface area (Å²) in [7, 11) is -2.89. The first kappa shape index (κ1) is 34.0. The van der Waals surface area contributed by atoms with Crippen LogP contribution in [0.5, 0.6) is 5.75 Å². The molecule has 2 unspecified atom stereocenters. The number of piperidine rings is 1. The van der Waals surface area contributed by atoms with Gasteiger partial charge >= 0.3 is 5.69 Å². The zero-order valence-corrected chi connectivity index (χ0v) is 29.5. The number of hydrogen-bond acceptors (Lipinski definition) is 7. The average Bonchev–Trinajstić information content (AvgIpc) is 3.44. The average molecular weight is 714 g/mol. The molecule has 1 aromatic heterocycles. The van der Waals surface area contributed by atoms with E-state index in [2.05, 4.69) is 34.1 Å². The highest BCUT2D eigenvalue weighted by molar-refractivity contribution is 7.90. The fourth-order valence-electron chi connectivity index (χ4n) is 7.29. The molecular weight excluding hydrogens is 674 g/mol. The number of imidazole rings is 1. The number of amides is 1. The number of rotatable bonds is 9. The van der Waals surface area contributed by atoms with Crippen LogP contribution >= 0.6 is 11.6 Å². The van der Waals surface area contributed by atoms with Crippen molar-refractivity contribution >= 4 is 38.6 Å². The van der Waals surface area contributed by atoms with E-state index in [0.29, 0.717) is 29.4 Å². The molecule has 0 bridgehead atoms. The number of methoxy groups -OCH3 is 1. The third kappa shape index (κ3) is 6.70. The minimum Gasteiger partial charge on any atom is -0.497 e. The largest absolute Gasteiger partial charge is 0.497 e. The Morgan fingerprint density at radius 1 is 0.860 bits per heavy atom. The molecule has 0 N–H and O–H groups in total. The second kappa shape index (κ2) is 14.4. The molecule has 12 heteroatoms. The Bertz CT molecular complexity index is 2130. The van der Waals surface area contributed by atoms with E-state index in [1.54, 1.807) is 24.3 Å². The van der Waals surface area contributed by atoms with Gasteiger partial charge in [0, 0.05) is 56.9 Å². The molecule has 10 nitrogen and oxygen atoms in total. The summed E-state index contributed by atoms with van der Waals surface area (Å²) in [5, 5.41) is 0.314. The molecule has 2 aliphatic rings. The zero-order valence-electron chi connectivity index (χ0n) is 27.9. The highest BCUT2D eigenvalue weighted by Crippen LogP contribution is 2.31. The summed E-state index contributed by atoms with van der Waals surface area (Å²) in [6, 6.07) is 29.1. The van der Waals surface area contributed by atoms with Gasteiger partial charge in [-0.2, -0.15) is 3.97 Å². The van der Waals surface area contributed by atoms with Crippen LogP contribution in [-0.4, -0.2) is 90.0 Å². The number of benzene rings is 4.